The molecule has 0 radical (unpaired) electrons. The maximum atomic E-state index is 14.0. The van der Waals surface area contributed by atoms with Crippen molar-refractivity contribution < 1.29 is 18.3 Å². The van der Waals surface area contributed by atoms with Crippen LogP contribution in [0.3, 0.4) is 0 Å². The SMILES string of the molecule is Fc1cccc(CSc2nnc(N3CCOCC3)n2CC2CCCO2)c1F. The summed E-state index contributed by atoms with van der Waals surface area (Å²) >= 11 is 1.36. The highest BCUT2D eigenvalue weighted by molar-refractivity contribution is 7.98. The van der Waals surface area contributed by atoms with Crippen LogP contribution in [0.2, 0.25) is 0 Å². The van der Waals surface area contributed by atoms with Crippen molar-refractivity contribution >= 4 is 17.7 Å². The molecule has 1 unspecified atom stereocenters. The van der Waals surface area contributed by atoms with E-state index in [0.717, 1.165) is 44.6 Å². The van der Waals surface area contributed by atoms with E-state index < -0.39 is 11.6 Å². The first kappa shape index (κ1) is 18.6. The lowest BCUT2D eigenvalue weighted by Gasteiger charge is -2.28. The monoisotopic (exact) mass is 396 g/mol. The van der Waals surface area contributed by atoms with E-state index in [9.17, 15) is 8.78 Å². The normalized spacial score (nSPS) is 20.4. The van der Waals surface area contributed by atoms with Crippen LogP contribution in [0, 0.1) is 11.6 Å². The first-order valence-electron chi connectivity index (χ1n) is 9.15. The third-order valence-corrected chi connectivity index (χ3v) is 5.81. The van der Waals surface area contributed by atoms with Gasteiger partial charge in [0.25, 0.3) is 0 Å². The molecule has 146 valence electrons. The molecule has 3 heterocycles. The van der Waals surface area contributed by atoms with E-state index >= 15 is 0 Å². The Morgan fingerprint density at radius 3 is 2.78 bits per heavy atom. The van der Waals surface area contributed by atoms with Crippen molar-refractivity contribution in [2.24, 2.45) is 0 Å². The van der Waals surface area contributed by atoms with E-state index in [0.29, 0.717) is 30.5 Å². The van der Waals surface area contributed by atoms with Crippen LogP contribution in [0.5, 0.6) is 0 Å². The molecule has 1 aromatic heterocycles. The number of ether oxygens (including phenoxy) is 2. The van der Waals surface area contributed by atoms with Crippen LogP contribution in [0.15, 0.2) is 23.4 Å². The van der Waals surface area contributed by atoms with Crippen LogP contribution in [0.25, 0.3) is 0 Å². The number of rotatable bonds is 6. The topological polar surface area (TPSA) is 52.4 Å². The van der Waals surface area contributed by atoms with Crippen LogP contribution >= 0.6 is 11.8 Å². The molecule has 9 heteroatoms. The van der Waals surface area contributed by atoms with Crippen LogP contribution in [0.1, 0.15) is 18.4 Å². The van der Waals surface area contributed by atoms with Crippen molar-refractivity contribution in [1.82, 2.24) is 14.8 Å². The molecular weight excluding hydrogens is 374 g/mol. The van der Waals surface area contributed by atoms with Gasteiger partial charge >= 0.3 is 0 Å². The number of benzene rings is 1. The fraction of sp³-hybridized carbons (Fsp3) is 0.556. The maximum absolute atomic E-state index is 14.0. The molecule has 0 aliphatic carbocycles. The van der Waals surface area contributed by atoms with Gasteiger partial charge in [-0.25, -0.2) is 8.78 Å². The number of hydrogen-bond acceptors (Lipinski definition) is 6. The van der Waals surface area contributed by atoms with E-state index in [2.05, 4.69) is 15.1 Å². The van der Waals surface area contributed by atoms with Gasteiger partial charge in [-0.2, -0.15) is 0 Å². The van der Waals surface area contributed by atoms with Gasteiger partial charge in [0.1, 0.15) is 0 Å². The van der Waals surface area contributed by atoms with Crippen molar-refractivity contribution in [3.8, 4) is 0 Å². The molecule has 2 aliphatic rings. The van der Waals surface area contributed by atoms with E-state index in [-0.39, 0.29) is 11.9 Å². The quantitative estimate of drug-likeness (QED) is 0.700. The molecule has 27 heavy (non-hydrogen) atoms. The molecule has 0 saturated carbocycles. The number of thioether (sulfide) groups is 1. The predicted molar refractivity (Wildman–Crippen MR) is 97.9 cm³/mol. The molecule has 0 spiro atoms. The first-order valence-corrected chi connectivity index (χ1v) is 10.1. The Labute approximate surface area is 160 Å². The number of hydrogen-bond donors (Lipinski definition) is 0. The third-order valence-electron chi connectivity index (χ3n) is 4.79. The summed E-state index contributed by atoms with van der Waals surface area (Å²) in [5.41, 5.74) is 0.319. The van der Waals surface area contributed by atoms with Gasteiger partial charge in [0.2, 0.25) is 5.95 Å². The Morgan fingerprint density at radius 1 is 1.15 bits per heavy atom. The van der Waals surface area contributed by atoms with E-state index in [1.54, 1.807) is 6.07 Å². The summed E-state index contributed by atoms with van der Waals surface area (Å²) in [4.78, 5) is 2.15. The van der Waals surface area contributed by atoms with Gasteiger partial charge in [-0.1, -0.05) is 23.9 Å². The number of morpholine rings is 1. The number of anilines is 1. The van der Waals surface area contributed by atoms with Crippen molar-refractivity contribution in [3.05, 3.63) is 35.4 Å². The Hall–Kier alpha value is -1.71. The van der Waals surface area contributed by atoms with Crippen LogP contribution in [-0.4, -0.2) is 53.8 Å². The molecule has 0 bridgehead atoms. The van der Waals surface area contributed by atoms with Gasteiger partial charge in [-0.3, -0.25) is 4.57 Å². The lowest BCUT2D eigenvalue weighted by molar-refractivity contribution is 0.0942. The molecule has 1 aromatic carbocycles. The summed E-state index contributed by atoms with van der Waals surface area (Å²) in [6.45, 7) is 4.26. The summed E-state index contributed by atoms with van der Waals surface area (Å²) < 4.78 is 40.7. The van der Waals surface area contributed by atoms with Crippen LogP contribution in [0.4, 0.5) is 14.7 Å². The van der Waals surface area contributed by atoms with Gasteiger partial charge in [-0.15, -0.1) is 10.2 Å². The summed E-state index contributed by atoms with van der Waals surface area (Å²) in [6, 6.07) is 4.24. The minimum absolute atomic E-state index is 0.131. The van der Waals surface area contributed by atoms with E-state index in [1.165, 1.54) is 17.8 Å². The predicted octanol–water partition coefficient (Wildman–Crippen LogP) is 2.86. The Balaban J connectivity index is 1.55. The van der Waals surface area contributed by atoms with Gasteiger partial charge in [0.15, 0.2) is 16.8 Å². The van der Waals surface area contributed by atoms with Crippen molar-refractivity contribution in [2.75, 3.05) is 37.8 Å². The molecule has 6 nitrogen and oxygen atoms in total. The minimum atomic E-state index is -0.831. The van der Waals surface area contributed by atoms with Gasteiger partial charge in [-0.05, 0) is 18.9 Å². The molecule has 2 saturated heterocycles. The van der Waals surface area contributed by atoms with Crippen LogP contribution in [-0.2, 0) is 21.8 Å². The largest absolute Gasteiger partial charge is 0.378 e. The second-order valence-electron chi connectivity index (χ2n) is 6.63. The Morgan fingerprint density at radius 2 is 2.00 bits per heavy atom. The maximum Gasteiger partial charge on any atom is 0.228 e. The van der Waals surface area contributed by atoms with Gasteiger partial charge in [0.05, 0.1) is 25.9 Å². The molecule has 4 rings (SSSR count). The number of aromatic nitrogens is 3. The molecule has 1 atom stereocenters. The molecule has 0 amide bonds. The lowest BCUT2D eigenvalue weighted by atomic mass is 10.2. The Kier molecular flexibility index (Phi) is 5.89. The summed E-state index contributed by atoms with van der Waals surface area (Å²) in [6.07, 6.45) is 2.19. The fourth-order valence-electron chi connectivity index (χ4n) is 3.34. The zero-order valence-corrected chi connectivity index (χ0v) is 15.8. The third kappa shape index (κ3) is 4.25. The van der Waals surface area contributed by atoms with Crippen molar-refractivity contribution in [1.29, 1.82) is 0 Å². The molecule has 2 aromatic rings. The molecular formula is C18H22F2N4O2S. The zero-order valence-electron chi connectivity index (χ0n) is 14.9. The summed E-state index contributed by atoms with van der Waals surface area (Å²) in [5, 5.41) is 9.39. The Bertz CT molecular complexity index is 777. The highest BCUT2D eigenvalue weighted by atomic mass is 32.2. The fourth-order valence-corrected chi connectivity index (χ4v) is 4.26. The standard InChI is InChI=1S/C18H22F2N4O2S/c19-15-5-1-3-13(16(15)20)12-27-18-22-21-17(23-6-9-25-10-7-23)24(18)11-14-4-2-8-26-14/h1,3,5,14H,2,4,6-12H2. The van der Waals surface area contributed by atoms with Crippen LogP contribution < -0.4 is 4.90 Å². The van der Waals surface area contributed by atoms with E-state index in [4.69, 9.17) is 9.47 Å². The molecule has 0 N–H and O–H groups in total. The minimum Gasteiger partial charge on any atom is -0.378 e. The summed E-state index contributed by atoms with van der Waals surface area (Å²) in [5.74, 6) is -0.557. The number of nitrogens with zero attached hydrogens (tertiary/aromatic N) is 4. The average molecular weight is 396 g/mol. The van der Waals surface area contributed by atoms with Gasteiger partial charge < -0.3 is 14.4 Å². The lowest BCUT2D eigenvalue weighted by Crippen LogP contribution is -2.38. The molecule has 2 fully saturated rings. The van der Waals surface area contributed by atoms with E-state index in [1.807, 2.05) is 4.57 Å². The first-order chi connectivity index (χ1) is 13.2. The number of halogens is 2. The second kappa shape index (κ2) is 8.53. The second-order valence-corrected chi connectivity index (χ2v) is 7.57. The van der Waals surface area contributed by atoms with Crippen molar-refractivity contribution in [3.63, 3.8) is 0 Å². The summed E-state index contributed by atoms with van der Waals surface area (Å²) in [7, 11) is 0. The highest BCUT2D eigenvalue weighted by Gasteiger charge is 2.25. The average Bonchev–Trinajstić information content (AvgIpc) is 3.34. The smallest absolute Gasteiger partial charge is 0.228 e. The van der Waals surface area contributed by atoms with Gasteiger partial charge in [0, 0.05) is 31.0 Å². The zero-order chi connectivity index (χ0) is 18.6. The van der Waals surface area contributed by atoms with Crippen molar-refractivity contribution in [2.45, 2.75) is 36.4 Å². The molecule has 2 aliphatic heterocycles. The highest BCUT2D eigenvalue weighted by Crippen LogP contribution is 2.28.